The van der Waals surface area contributed by atoms with Gasteiger partial charge in [0.25, 0.3) is 0 Å². The molecule has 0 bridgehead atoms. The number of benzene rings is 1. The van der Waals surface area contributed by atoms with Gasteiger partial charge in [0.1, 0.15) is 5.82 Å². The van der Waals surface area contributed by atoms with Crippen LogP contribution in [-0.4, -0.2) is 21.8 Å². The van der Waals surface area contributed by atoms with Crippen LogP contribution in [0.15, 0.2) is 24.3 Å². The van der Waals surface area contributed by atoms with E-state index >= 15 is 0 Å². The predicted molar refractivity (Wildman–Crippen MR) is 71.1 cm³/mol. The molecule has 0 amide bonds. The number of hydrogen-bond donors (Lipinski definition) is 3. The third-order valence-corrected chi connectivity index (χ3v) is 3.17. The second kappa shape index (κ2) is 5.95. The summed E-state index contributed by atoms with van der Waals surface area (Å²) in [5.74, 6) is -0.298. The summed E-state index contributed by atoms with van der Waals surface area (Å²) < 4.78 is 12.8. The number of aliphatic hydroxyl groups excluding tert-OH is 1. The Hall–Kier alpha value is -1.72. The summed E-state index contributed by atoms with van der Waals surface area (Å²) in [7, 11) is 0. The van der Waals surface area contributed by atoms with Crippen LogP contribution in [0, 0.1) is 19.7 Å². The molecule has 0 spiro atoms. The first-order chi connectivity index (χ1) is 9.08. The number of rotatable bonds is 5. The molecule has 1 aromatic carbocycles. The van der Waals surface area contributed by atoms with Gasteiger partial charge in [0.05, 0.1) is 11.8 Å². The van der Waals surface area contributed by atoms with Crippen molar-refractivity contribution in [2.24, 2.45) is 0 Å². The molecule has 2 rings (SSSR count). The molecule has 0 unspecified atom stereocenters. The smallest absolute Gasteiger partial charge is 0.123 e. The van der Waals surface area contributed by atoms with E-state index in [1.165, 1.54) is 12.1 Å². The largest absolute Gasteiger partial charge is 0.387 e. The van der Waals surface area contributed by atoms with Gasteiger partial charge < -0.3 is 10.4 Å². The number of aliphatic hydroxyl groups is 1. The molecule has 1 heterocycles. The minimum atomic E-state index is -0.645. The van der Waals surface area contributed by atoms with Gasteiger partial charge in [-0.1, -0.05) is 12.1 Å². The van der Waals surface area contributed by atoms with Crippen molar-refractivity contribution < 1.29 is 9.50 Å². The molecular formula is C14H18FN3O. The summed E-state index contributed by atoms with van der Waals surface area (Å²) in [6, 6.07) is 5.89. The Labute approximate surface area is 111 Å². The van der Waals surface area contributed by atoms with Crippen molar-refractivity contribution in [3.63, 3.8) is 0 Å². The zero-order valence-corrected chi connectivity index (χ0v) is 11.1. The van der Waals surface area contributed by atoms with Crippen LogP contribution in [0.1, 0.15) is 28.6 Å². The number of nitrogens with zero attached hydrogens (tertiary/aromatic N) is 1. The maximum atomic E-state index is 12.8. The minimum Gasteiger partial charge on any atom is -0.387 e. The lowest BCUT2D eigenvalue weighted by Crippen LogP contribution is -2.21. The topological polar surface area (TPSA) is 60.9 Å². The van der Waals surface area contributed by atoms with E-state index in [0.717, 1.165) is 17.0 Å². The highest BCUT2D eigenvalue weighted by atomic mass is 19.1. The Morgan fingerprint density at radius 2 is 2.00 bits per heavy atom. The second-order valence-corrected chi connectivity index (χ2v) is 4.61. The predicted octanol–water partition coefficient (Wildman–Crippen LogP) is 1.99. The third kappa shape index (κ3) is 3.39. The lowest BCUT2D eigenvalue weighted by atomic mass is 10.1. The average molecular weight is 263 g/mol. The normalized spacial score (nSPS) is 12.6. The summed E-state index contributed by atoms with van der Waals surface area (Å²) in [6.45, 7) is 4.96. The van der Waals surface area contributed by atoms with E-state index in [1.807, 2.05) is 13.8 Å². The molecule has 0 aliphatic carbocycles. The molecule has 19 heavy (non-hydrogen) atoms. The average Bonchev–Trinajstić information content (AvgIpc) is 2.71. The van der Waals surface area contributed by atoms with Crippen LogP contribution in [0.3, 0.4) is 0 Å². The standard InChI is InChI=1S/C14H18FN3O/c1-9-13(10(2)18-17-9)7-16-8-14(19)11-3-5-12(15)6-4-11/h3-6,14,16,19H,7-8H2,1-2H3,(H,17,18)/t14-/m0/s1. The minimum absolute atomic E-state index is 0.298. The molecule has 3 N–H and O–H groups in total. The van der Waals surface area contributed by atoms with E-state index < -0.39 is 6.10 Å². The number of hydrogen-bond acceptors (Lipinski definition) is 3. The highest BCUT2D eigenvalue weighted by Gasteiger charge is 2.09. The van der Waals surface area contributed by atoms with Gasteiger partial charge in [-0.15, -0.1) is 0 Å². The maximum absolute atomic E-state index is 12.8. The van der Waals surface area contributed by atoms with Gasteiger partial charge in [-0.25, -0.2) is 4.39 Å². The van der Waals surface area contributed by atoms with E-state index in [4.69, 9.17) is 0 Å². The Bertz CT molecular complexity index is 517. The summed E-state index contributed by atoms with van der Waals surface area (Å²) in [5, 5.41) is 20.2. The van der Waals surface area contributed by atoms with Crippen LogP contribution in [0.25, 0.3) is 0 Å². The Morgan fingerprint density at radius 3 is 2.58 bits per heavy atom. The fraction of sp³-hybridized carbons (Fsp3) is 0.357. The molecular weight excluding hydrogens is 245 g/mol. The highest BCUT2D eigenvalue weighted by Crippen LogP contribution is 2.13. The van der Waals surface area contributed by atoms with Crippen molar-refractivity contribution in [1.29, 1.82) is 0 Å². The van der Waals surface area contributed by atoms with E-state index in [1.54, 1.807) is 12.1 Å². The van der Waals surface area contributed by atoms with Crippen molar-refractivity contribution in [3.05, 3.63) is 52.6 Å². The summed E-state index contributed by atoms with van der Waals surface area (Å²) in [4.78, 5) is 0. The molecule has 5 heteroatoms. The number of halogens is 1. The third-order valence-electron chi connectivity index (χ3n) is 3.17. The molecule has 0 fully saturated rings. The second-order valence-electron chi connectivity index (χ2n) is 4.61. The van der Waals surface area contributed by atoms with E-state index in [9.17, 15) is 9.50 Å². The van der Waals surface area contributed by atoms with Gasteiger partial charge in [-0.05, 0) is 31.5 Å². The fourth-order valence-corrected chi connectivity index (χ4v) is 1.97. The van der Waals surface area contributed by atoms with Gasteiger partial charge in [0.2, 0.25) is 0 Å². The van der Waals surface area contributed by atoms with Crippen molar-refractivity contribution in [1.82, 2.24) is 15.5 Å². The van der Waals surface area contributed by atoms with Crippen LogP contribution in [-0.2, 0) is 6.54 Å². The zero-order chi connectivity index (χ0) is 13.8. The summed E-state index contributed by atoms with van der Waals surface area (Å²) >= 11 is 0. The first kappa shape index (κ1) is 13.7. The van der Waals surface area contributed by atoms with Crippen LogP contribution in [0.2, 0.25) is 0 Å². The quantitative estimate of drug-likeness (QED) is 0.773. The van der Waals surface area contributed by atoms with Crippen LogP contribution in [0.5, 0.6) is 0 Å². The maximum Gasteiger partial charge on any atom is 0.123 e. The molecule has 0 aliphatic heterocycles. The van der Waals surface area contributed by atoms with Crippen LogP contribution >= 0.6 is 0 Å². The molecule has 0 aliphatic rings. The van der Waals surface area contributed by atoms with E-state index in [0.29, 0.717) is 18.7 Å². The van der Waals surface area contributed by atoms with Crippen molar-refractivity contribution in [2.45, 2.75) is 26.5 Å². The molecule has 1 atom stereocenters. The Balaban J connectivity index is 1.87. The monoisotopic (exact) mass is 263 g/mol. The SMILES string of the molecule is Cc1n[nH]c(C)c1CNC[C@H](O)c1ccc(F)cc1. The number of H-pyrrole nitrogens is 1. The number of nitrogens with one attached hydrogen (secondary N) is 2. The van der Waals surface area contributed by atoms with Gasteiger partial charge in [0.15, 0.2) is 0 Å². The lowest BCUT2D eigenvalue weighted by molar-refractivity contribution is 0.174. The highest BCUT2D eigenvalue weighted by molar-refractivity contribution is 5.23. The van der Waals surface area contributed by atoms with Crippen LogP contribution < -0.4 is 5.32 Å². The summed E-state index contributed by atoms with van der Waals surface area (Å²) in [5.41, 5.74) is 3.81. The first-order valence-corrected chi connectivity index (χ1v) is 6.22. The van der Waals surface area contributed by atoms with Gasteiger partial charge >= 0.3 is 0 Å². The molecule has 0 saturated carbocycles. The Morgan fingerprint density at radius 1 is 1.32 bits per heavy atom. The molecule has 4 nitrogen and oxygen atoms in total. The number of aromatic nitrogens is 2. The van der Waals surface area contributed by atoms with E-state index in [2.05, 4.69) is 15.5 Å². The molecule has 102 valence electrons. The molecule has 0 saturated heterocycles. The van der Waals surface area contributed by atoms with Crippen LogP contribution in [0.4, 0.5) is 4.39 Å². The lowest BCUT2D eigenvalue weighted by Gasteiger charge is -2.12. The Kier molecular flexibility index (Phi) is 4.29. The van der Waals surface area contributed by atoms with Crippen molar-refractivity contribution >= 4 is 0 Å². The van der Waals surface area contributed by atoms with Crippen molar-refractivity contribution in [3.8, 4) is 0 Å². The first-order valence-electron chi connectivity index (χ1n) is 6.22. The zero-order valence-electron chi connectivity index (χ0n) is 11.1. The molecule has 1 aromatic heterocycles. The van der Waals surface area contributed by atoms with Gasteiger partial charge in [-0.2, -0.15) is 5.10 Å². The molecule has 0 radical (unpaired) electrons. The van der Waals surface area contributed by atoms with E-state index in [-0.39, 0.29) is 5.82 Å². The van der Waals surface area contributed by atoms with Crippen molar-refractivity contribution in [2.75, 3.05) is 6.54 Å². The molecule has 2 aromatic rings. The summed E-state index contributed by atoms with van der Waals surface area (Å²) in [6.07, 6.45) is -0.645. The van der Waals surface area contributed by atoms with Gasteiger partial charge in [-0.3, -0.25) is 5.10 Å². The fourth-order valence-electron chi connectivity index (χ4n) is 1.97. The van der Waals surface area contributed by atoms with Gasteiger partial charge in [0, 0.05) is 24.3 Å². The number of aromatic amines is 1. The number of aryl methyl sites for hydroxylation is 2.